The van der Waals surface area contributed by atoms with Gasteiger partial charge in [0.1, 0.15) is 5.82 Å². The van der Waals surface area contributed by atoms with E-state index >= 15 is 0 Å². The molecule has 3 nitrogen and oxygen atoms in total. The van der Waals surface area contributed by atoms with Gasteiger partial charge >= 0.3 is 0 Å². The lowest BCUT2D eigenvalue weighted by Gasteiger charge is -2.24. The van der Waals surface area contributed by atoms with Crippen molar-refractivity contribution in [2.75, 3.05) is 25.0 Å². The maximum atomic E-state index is 4.57. The van der Waals surface area contributed by atoms with Gasteiger partial charge in [0.15, 0.2) is 0 Å². The van der Waals surface area contributed by atoms with Crippen LogP contribution in [0.4, 0.5) is 5.82 Å². The minimum Gasteiger partial charge on any atom is -0.359 e. The SMILES string of the molecule is CCNC(C)c1cccnc1N(C)CCc1cccs1. The largest absolute Gasteiger partial charge is 0.359 e. The molecule has 2 aromatic rings. The van der Waals surface area contributed by atoms with Crippen molar-refractivity contribution in [1.82, 2.24) is 10.3 Å². The Balaban J connectivity index is 2.06. The molecule has 0 spiro atoms. The van der Waals surface area contributed by atoms with E-state index in [1.165, 1.54) is 10.4 Å². The summed E-state index contributed by atoms with van der Waals surface area (Å²) < 4.78 is 0. The van der Waals surface area contributed by atoms with Crippen LogP contribution >= 0.6 is 11.3 Å². The van der Waals surface area contributed by atoms with E-state index in [-0.39, 0.29) is 0 Å². The van der Waals surface area contributed by atoms with Crippen molar-refractivity contribution in [2.24, 2.45) is 0 Å². The molecule has 4 heteroatoms. The lowest BCUT2D eigenvalue weighted by atomic mass is 10.1. The van der Waals surface area contributed by atoms with Gasteiger partial charge in [0.25, 0.3) is 0 Å². The highest BCUT2D eigenvalue weighted by atomic mass is 32.1. The third-order valence-corrected chi connectivity index (χ3v) is 4.37. The van der Waals surface area contributed by atoms with E-state index in [1.807, 2.05) is 23.6 Å². The molecule has 0 fully saturated rings. The maximum absolute atomic E-state index is 4.57. The Labute approximate surface area is 125 Å². The molecule has 0 aliphatic heterocycles. The highest BCUT2D eigenvalue weighted by molar-refractivity contribution is 7.09. The zero-order chi connectivity index (χ0) is 14.4. The van der Waals surface area contributed by atoms with Crippen LogP contribution < -0.4 is 10.2 Å². The van der Waals surface area contributed by atoms with Crippen LogP contribution in [-0.4, -0.2) is 25.1 Å². The summed E-state index contributed by atoms with van der Waals surface area (Å²) in [4.78, 5) is 8.25. The molecule has 20 heavy (non-hydrogen) atoms. The second kappa shape index (κ2) is 7.41. The molecule has 0 saturated carbocycles. The molecule has 0 aromatic carbocycles. The molecule has 1 atom stereocenters. The zero-order valence-electron chi connectivity index (χ0n) is 12.5. The standard InChI is InChI=1S/C16H23N3S/c1-4-17-13(2)15-8-5-10-18-16(15)19(3)11-9-14-7-6-12-20-14/h5-8,10,12-13,17H,4,9,11H2,1-3H3. The first-order valence-corrected chi connectivity index (χ1v) is 8.02. The smallest absolute Gasteiger partial charge is 0.133 e. The molecule has 2 rings (SSSR count). The van der Waals surface area contributed by atoms with Crippen LogP contribution in [0.3, 0.4) is 0 Å². The van der Waals surface area contributed by atoms with Crippen LogP contribution in [-0.2, 0) is 6.42 Å². The lowest BCUT2D eigenvalue weighted by Crippen LogP contribution is -2.26. The average molecular weight is 289 g/mol. The van der Waals surface area contributed by atoms with E-state index in [1.54, 1.807) is 0 Å². The lowest BCUT2D eigenvalue weighted by molar-refractivity contribution is 0.594. The third-order valence-electron chi connectivity index (χ3n) is 3.43. The number of anilines is 1. The summed E-state index contributed by atoms with van der Waals surface area (Å²) in [5.41, 5.74) is 1.27. The van der Waals surface area contributed by atoms with Crippen molar-refractivity contribution >= 4 is 17.2 Å². The monoisotopic (exact) mass is 289 g/mol. The van der Waals surface area contributed by atoms with Crippen LogP contribution in [0.2, 0.25) is 0 Å². The molecule has 0 radical (unpaired) electrons. The van der Waals surface area contributed by atoms with Gasteiger partial charge in [-0.05, 0) is 37.4 Å². The Morgan fingerprint density at radius 2 is 2.20 bits per heavy atom. The van der Waals surface area contributed by atoms with Gasteiger partial charge in [-0.2, -0.15) is 0 Å². The Morgan fingerprint density at radius 1 is 1.35 bits per heavy atom. The first-order valence-electron chi connectivity index (χ1n) is 7.14. The van der Waals surface area contributed by atoms with E-state index in [2.05, 4.69) is 59.7 Å². The van der Waals surface area contributed by atoms with Crippen LogP contribution in [0.5, 0.6) is 0 Å². The fourth-order valence-corrected chi connectivity index (χ4v) is 3.02. The van der Waals surface area contributed by atoms with E-state index in [0.717, 1.165) is 25.3 Å². The Kier molecular flexibility index (Phi) is 5.56. The fourth-order valence-electron chi connectivity index (χ4n) is 2.32. The number of pyridine rings is 1. The minimum atomic E-state index is 0.327. The number of aromatic nitrogens is 1. The van der Waals surface area contributed by atoms with Crippen molar-refractivity contribution in [2.45, 2.75) is 26.3 Å². The number of rotatable bonds is 7. The Bertz CT molecular complexity index is 510. The predicted octanol–water partition coefficient (Wildman–Crippen LogP) is 3.49. The Morgan fingerprint density at radius 3 is 2.90 bits per heavy atom. The number of nitrogens with one attached hydrogen (secondary N) is 1. The van der Waals surface area contributed by atoms with Gasteiger partial charge in [0.05, 0.1) is 0 Å². The summed E-state index contributed by atoms with van der Waals surface area (Å²) in [6.07, 6.45) is 2.94. The quantitative estimate of drug-likeness (QED) is 0.845. The van der Waals surface area contributed by atoms with Crippen LogP contribution in [0.1, 0.15) is 30.3 Å². The molecule has 0 saturated heterocycles. The van der Waals surface area contributed by atoms with E-state index in [0.29, 0.717) is 6.04 Å². The first kappa shape index (κ1) is 15.0. The molecular formula is C16H23N3S. The predicted molar refractivity (Wildman–Crippen MR) is 87.6 cm³/mol. The van der Waals surface area contributed by atoms with Gasteiger partial charge < -0.3 is 10.2 Å². The molecule has 108 valence electrons. The number of likely N-dealkylation sites (N-methyl/N-ethyl adjacent to an activating group) is 1. The molecule has 0 aliphatic rings. The van der Waals surface area contributed by atoms with E-state index < -0.39 is 0 Å². The van der Waals surface area contributed by atoms with Gasteiger partial charge in [-0.15, -0.1) is 11.3 Å². The van der Waals surface area contributed by atoms with Gasteiger partial charge in [0.2, 0.25) is 0 Å². The molecular weight excluding hydrogens is 266 g/mol. The summed E-state index contributed by atoms with van der Waals surface area (Å²) in [5.74, 6) is 1.08. The number of hydrogen-bond donors (Lipinski definition) is 1. The second-order valence-electron chi connectivity index (χ2n) is 4.95. The van der Waals surface area contributed by atoms with Crippen molar-refractivity contribution < 1.29 is 0 Å². The first-order chi connectivity index (χ1) is 9.72. The summed E-state index contributed by atoms with van der Waals surface area (Å²) >= 11 is 1.82. The molecule has 2 heterocycles. The van der Waals surface area contributed by atoms with Crippen molar-refractivity contribution in [3.8, 4) is 0 Å². The molecule has 0 amide bonds. The summed E-state index contributed by atoms with van der Waals surface area (Å²) in [6.45, 7) is 6.28. The van der Waals surface area contributed by atoms with Gasteiger partial charge in [-0.25, -0.2) is 4.98 Å². The minimum absolute atomic E-state index is 0.327. The normalized spacial score (nSPS) is 12.3. The topological polar surface area (TPSA) is 28.2 Å². The zero-order valence-corrected chi connectivity index (χ0v) is 13.3. The number of hydrogen-bond acceptors (Lipinski definition) is 4. The maximum Gasteiger partial charge on any atom is 0.133 e. The average Bonchev–Trinajstić information content (AvgIpc) is 2.98. The van der Waals surface area contributed by atoms with E-state index in [4.69, 9.17) is 0 Å². The number of thiophene rings is 1. The molecule has 1 N–H and O–H groups in total. The van der Waals surface area contributed by atoms with E-state index in [9.17, 15) is 0 Å². The second-order valence-corrected chi connectivity index (χ2v) is 5.98. The summed E-state index contributed by atoms with van der Waals surface area (Å²) in [7, 11) is 2.12. The molecule has 0 bridgehead atoms. The van der Waals surface area contributed by atoms with Crippen molar-refractivity contribution in [3.63, 3.8) is 0 Å². The van der Waals surface area contributed by atoms with Crippen molar-refractivity contribution in [1.29, 1.82) is 0 Å². The van der Waals surface area contributed by atoms with Gasteiger partial charge in [-0.1, -0.05) is 19.1 Å². The molecule has 0 aliphatic carbocycles. The summed E-state index contributed by atoms with van der Waals surface area (Å²) in [5, 5.41) is 5.60. The highest BCUT2D eigenvalue weighted by Crippen LogP contribution is 2.23. The molecule has 1 unspecified atom stereocenters. The van der Waals surface area contributed by atoms with Gasteiger partial charge in [-0.3, -0.25) is 0 Å². The number of nitrogens with zero attached hydrogens (tertiary/aromatic N) is 2. The molecule has 2 aromatic heterocycles. The summed E-state index contributed by atoms with van der Waals surface area (Å²) in [6, 6.07) is 8.81. The highest BCUT2D eigenvalue weighted by Gasteiger charge is 2.13. The van der Waals surface area contributed by atoms with Crippen LogP contribution in [0.25, 0.3) is 0 Å². The Hall–Kier alpha value is -1.39. The van der Waals surface area contributed by atoms with Gasteiger partial charge in [0, 0.05) is 36.3 Å². The fraction of sp³-hybridized carbons (Fsp3) is 0.438. The van der Waals surface area contributed by atoms with Crippen LogP contribution in [0, 0.1) is 0 Å². The van der Waals surface area contributed by atoms with Crippen molar-refractivity contribution in [3.05, 3.63) is 46.3 Å². The van der Waals surface area contributed by atoms with Crippen LogP contribution in [0.15, 0.2) is 35.8 Å². The third kappa shape index (κ3) is 3.81.